The fraction of sp³-hybridized carbons (Fsp3) is 0.455. The maximum absolute atomic E-state index is 6.02. The first-order valence-electron chi connectivity index (χ1n) is 4.80. The minimum atomic E-state index is -0.377. The van der Waals surface area contributed by atoms with Gasteiger partial charge in [0.15, 0.2) is 0 Å². The van der Waals surface area contributed by atoms with Crippen molar-refractivity contribution >= 4 is 34.8 Å². The van der Waals surface area contributed by atoms with Crippen LogP contribution in [0.3, 0.4) is 0 Å². The van der Waals surface area contributed by atoms with Gasteiger partial charge in [0.25, 0.3) is 0 Å². The molecule has 0 saturated carbocycles. The molecule has 5 heteroatoms. The van der Waals surface area contributed by atoms with E-state index in [2.05, 4.69) is 0 Å². The van der Waals surface area contributed by atoms with Crippen LogP contribution in [-0.2, 0) is 11.3 Å². The first kappa shape index (κ1) is 14.1. The molecule has 1 rings (SSSR count). The highest BCUT2D eigenvalue weighted by atomic mass is 35.5. The molecular formula is C11H14Cl3NO. The largest absolute Gasteiger partial charge is 0.375 e. The average molecular weight is 283 g/mol. The van der Waals surface area contributed by atoms with Gasteiger partial charge in [-0.1, -0.05) is 34.8 Å². The van der Waals surface area contributed by atoms with Crippen molar-refractivity contribution < 1.29 is 4.74 Å². The smallest absolute Gasteiger partial charge is 0.0747 e. The number of halogens is 3. The molecule has 90 valence electrons. The van der Waals surface area contributed by atoms with Gasteiger partial charge in [0, 0.05) is 16.1 Å². The van der Waals surface area contributed by atoms with E-state index >= 15 is 0 Å². The van der Waals surface area contributed by atoms with Gasteiger partial charge in [0.05, 0.1) is 23.3 Å². The Bertz CT molecular complexity index is 374. The first-order valence-corrected chi connectivity index (χ1v) is 5.93. The molecule has 2 nitrogen and oxygen atoms in total. The lowest BCUT2D eigenvalue weighted by molar-refractivity contribution is 0.0852. The van der Waals surface area contributed by atoms with E-state index in [0.29, 0.717) is 33.8 Å². The van der Waals surface area contributed by atoms with Gasteiger partial charge in [-0.3, -0.25) is 0 Å². The molecule has 0 fully saturated rings. The predicted octanol–water partition coefficient (Wildman–Crippen LogP) is 3.90. The van der Waals surface area contributed by atoms with Crippen molar-refractivity contribution in [2.24, 2.45) is 5.73 Å². The van der Waals surface area contributed by atoms with Crippen molar-refractivity contribution in [2.45, 2.75) is 26.0 Å². The number of hydrogen-bond acceptors (Lipinski definition) is 2. The first-order chi connectivity index (χ1) is 7.31. The second-order valence-corrected chi connectivity index (χ2v) is 5.50. The molecule has 0 bridgehead atoms. The van der Waals surface area contributed by atoms with Crippen LogP contribution in [0.1, 0.15) is 19.4 Å². The van der Waals surface area contributed by atoms with Crippen LogP contribution in [0.4, 0.5) is 0 Å². The van der Waals surface area contributed by atoms with Crippen molar-refractivity contribution in [3.63, 3.8) is 0 Å². The Morgan fingerprint density at radius 3 is 2.31 bits per heavy atom. The van der Waals surface area contributed by atoms with E-state index in [1.54, 1.807) is 12.1 Å². The quantitative estimate of drug-likeness (QED) is 0.850. The fourth-order valence-electron chi connectivity index (χ4n) is 1.12. The minimum Gasteiger partial charge on any atom is -0.375 e. The molecule has 0 spiro atoms. The highest BCUT2D eigenvalue weighted by Gasteiger charge is 2.13. The molecule has 0 saturated heterocycles. The molecule has 0 unspecified atom stereocenters. The number of benzene rings is 1. The summed E-state index contributed by atoms with van der Waals surface area (Å²) in [4.78, 5) is 0. The number of rotatable bonds is 4. The summed E-state index contributed by atoms with van der Waals surface area (Å²) >= 11 is 17.9. The Balaban J connectivity index is 2.71. The Morgan fingerprint density at radius 2 is 1.75 bits per heavy atom. The van der Waals surface area contributed by atoms with Gasteiger partial charge in [-0.25, -0.2) is 0 Å². The zero-order chi connectivity index (χ0) is 12.3. The van der Waals surface area contributed by atoms with Crippen LogP contribution in [0.5, 0.6) is 0 Å². The van der Waals surface area contributed by atoms with E-state index in [1.807, 2.05) is 13.8 Å². The fourth-order valence-corrected chi connectivity index (χ4v) is 1.77. The molecule has 0 atom stereocenters. The van der Waals surface area contributed by atoms with E-state index in [9.17, 15) is 0 Å². The molecule has 1 aromatic rings. The van der Waals surface area contributed by atoms with Crippen LogP contribution in [0, 0.1) is 0 Å². The Kier molecular flexibility index (Phi) is 4.89. The molecule has 0 aliphatic heterocycles. The molecule has 0 aliphatic rings. The molecule has 0 amide bonds. The van der Waals surface area contributed by atoms with Crippen molar-refractivity contribution in [3.05, 3.63) is 32.8 Å². The van der Waals surface area contributed by atoms with Gasteiger partial charge >= 0.3 is 0 Å². The zero-order valence-electron chi connectivity index (χ0n) is 9.19. The van der Waals surface area contributed by atoms with Gasteiger partial charge in [0.2, 0.25) is 0 Å². The molecule has 2 N–H and O–H groups in total. The zero-order valence-corrected chi connectivity index (χ0v) is 11.5. The number of ether oxygens (including phenoxy) is 1. The third kappa shape index (κ3) is 4.11. The van der Waals surface area contributed by atoms with Crippen molar-refractivity contribution in [3.8, 4) is 0 Å². The monoisotopic (exact) mass is 281 g/mol. The van der Waals surface area contributed by atoms with Crippen molar-refractivity contribution in [2.75, 3.05) is 6.61 Å². The third-order valence-electron chi connectivity index (χ3n) is 1.86. The summed E-state index contributed by atoms with van der Waals surface area (Å²) in [5.41, 5.74) is 6.11. The summed E-state index contributed by atoms with van der Waals surface area (Å²) in [6, 6.07) is 3.35. The third-order valence-corrected chi connectivity index (χ3v) is 3.06. The van der Waals surface area contributed by atoms with Gasteiger partial charge < -0.3 is 10.5 Å². The van der Waals surface area contributed by atoms with E-state index < -0.39 is 0 Å². The van der Waals surface area contributed by atoms with Gasteiger partial charge in [-0.05, 0) is 26.0 Å². The Morgan fingerprint density at radius 1 is 1.19 bits per heavy atom. The average Bonchev–Trinajstić information content (AvgIpc) is 2.16. The standard InChI is InChI=1S/C11H14Cl3NO/c1-11(2,15)6-16-5-7-8(12)3-4-9(13)10(7)14/h3-4H,5-6,15H2,1-2H3. The van der Waals surface area contributed by atoms with E-state index in [-0.39, 0.29) is 5.54 Å². The van der Waals surface area contributed by atoms with E-state index in [1.165, 1.54) is 0 Å². The van der Waals surface area contributed by atoms with Crippen LogP contribution in [0.15, 0.2) is 12.1 Å². The molecule has 0 radical (unpaired) electrons. The summed E-state index contributed by atoms with van der Waals surface area (Å²) in [5, 5.41) is 1.45. The van der Waals surface area contributed by atoms with Crippen LogP contribution < -0.4 is 5.73 Å². The summed E-state index contributed by atoms with van der Waals surface area (Å²) in [5.74, 6) is 0. The van der Waals surface area contributed by atoms with Crippen molar-refractivity contribution in [1.29, 1.82) is 0 Å². The number of nitrogens with two attached hydrogens (primary N) is 1. The second-order valence-electron chi connectivity index (χ2n) is 4.30. The molecule has 0 aliphatic carbocycles. The van der Waals surface area contributed by atoms with Crippen LogP contribution in [0.2, 0.25) is 15.1 Å². The molecule has 0 heterocycles. The normalized spacial score (nSPS) is 11.9. The van der Waals surface area contributed by atoms with Crippen LogP contribution in [0.25, 0.3) is 0 Å². The van der Waals surface area contributed by atoms with E-state index in [4.69, 9.17) is 45.3 Å². The SMILES string of the molecule is CC(C)(N)COCc1c(Cl)ccc(Cl)c1Cl. The van der Waals surface area contributed by atoms with Crippen molar-refractivity contribution in [1.82, 2.24) is 0 Å². The summed E-state index contributed by atoms with van der Waals surface area (Å²) in [7, 11) is 0. The minimum absolute atomic E-state index is 0.304. The van der Waals surface area contributed by atoms with Gasteiger partial charge in [-0.2, -0.15) is 0 Å². The van der Waals surface area contributed by atoms with Gasteiger partial charge in [0.1, 0.15) is 0 Å². The maximum atomic E-state index is 6.02. The lowest BCUT2D eigenvalue weighted by atomic mass is 10.1. The Hall–Kier alpha value is 0.01000. The number of hydrogen-bond donors (Lipinski definition) is 1. The molecule has 0 aromatic heterocycles. The molecule has 1 aromatic carbocycles. The molecular weight excluding hydrogens is 268 g/mol. The lowest BCUT2D eigenvalue weighted by Gasteiger charge is -2.19. The van der Waals surface area contributed by atoms with E-state index in [0.717, 1.165) is 0 Å². The summed E-state index contributed by atoms with van der Waals surface area (Å²) in [6.07, 6.45) is 0. The highest BCUT2D eigenvalue weighted by Crippen LogP contribution is 2.31. The second kappa shape index (κ2) is 5.56. The molecule has 16 heavy (non-hydrogen) atoms. The lowest BCUT2D eigenvalue weighted by Crippen LogP contribution is -2.37. The van der Waals surface area contributed by atoms with Gasteiger partial charge in [-0.15, -0.1) is 0 Å². The Labute approximate surface area is 111 Å². The summed E-state index contributed by atoms with van der Waals surface area (Å²) < 4.78 is 5.45. The highest BCUT2D eigenvalue weighted by molar-refractivity contribution is 6.44. The topological polar surface area (TPSA) is 35.2 Å². The van der Waals surface area contributed by atoms with Crippen LogP contribution >= 0.6 is 34.8 Å². The van der Waals surface area contributed by atoms with Crippen LogP contribution in [-0.4, -0.2) is 12.1 Å². The summed E-state index contributed by atoms with van der Waals surface area (Å²) in [6.45, 7) is 4.49. The maximum Gasteiger partial charge on any atom is 0.0747 e. The predicted molar refractivity (Wildman–Crippen MR) is 69.4 cm³/mol.